The summed E-state index contributed by atoms with van der Waals surface area (Å²) in [6, 6.07) is 10.4. The van der Waals surface area contributed by atoms with Crippen LogP contribution in [-0.2, 0) is 0 Å². The van der Waals surface area contributed by atoms with E-state index >= 15 is 0 Å². The summed E-state index contributed by atoms with van der Waals surface area (Å²) in [5.41, 5.74) is 6.72. The quantitative estimate of drug-likeness (QED) is 0.932. The summed E-state index contributed by atoms with van der Waals surface area (Å²) in [7, 11) is 0. The van der Waals surface area contributed by atoms with Crippen molar-refractivity contribution in [2.24, 2.45) is 5.73 Å². The highest BCUT2D eigenvalue weighted by Gasteiger charge is 2.20. The number of aromatic nitrogens is 1. The van der Waals surface area contributed by atoms with Gasteiger partial charge in [-0.05, 0) is 31.2 Å². The van der Waals surface area contributed by atoms with Crippen molar-refractivity contribution in [1.82, 2.24) is 4.98 Å². The van der Waals surface area contributed by atoms with E-state index in [9.17, 15) is 0 Å². The van der Waals surface area contributed by atoms with E-state index in [4.69, 9.17) is 33.7 Å². The summed E-state index contributed by atoms with van der Waals surface area (Å²) in [5, 5.41) is 1.05. The number of benzene rings is 1. The Kier molecular flexibility index (Phi) is 4.64. The topological polar surface area (TPSA) is 48.1 Å². The van der Waals surface area contributed by atoms with Gasteiger partial charge in [-0.1, -0.05) is 29.3 Å². The summed E-state index contributed by atoms with van der Waals surface area (Å²) < 4.78 is 5.87. The second kappa shape index (κ2) is 6.24. The predicted octanol–water partition coefficient (Wildman–Crippen LogP) is 3.86. The second-order valence-electron chi connectivity index (χ2n) is 4.23. The Bertz CT molecular complexity index is 546. The van der Waals surface area contributed by atoms with Crippen molar-refractivity contribution in [2.45, 2.75) is 19.1 Å². The molecule has 1 heterocycles. The average Bonchev–Trinajstić information content (AvgIpc) is 2.40. The summed E-state index contributed by atoms with van der Waals surface area (Å²) in [4.78, 5) is 4.27. The zero-order valence-corrected chi connectivity index (χ0v) is 11.9. The Morgan fingerprint density at radius 3 is 2.63 bits per heavy atom. The number of rotatable bonds is 4. The fourth-order valence-corrected chi connectivity index (χ4v) is 2.01. The highest BCUT2D eigenvalue weighted by molar-refractivity contribution is 6.34. The largest absolute Gasteiger partial charge is 0.481 e. The van der Waals surface area contributed by atoms with Crippen molar-refractivity contribution in [3.8, 4) is 5.75 Å². The molecular formula is C14H14Cl2N2O. The van der Waals surface area contributed by atoms with Crippen LogP contribution < -0.4 is 10.5 Å². The molecule has 1 aromatic carbocycles. The molecule has 2 atom stereocenters. The van der Waals surface area contributed by atoms with Crippen LogP contribution in [-0.4, -0.2) is 11.0 Å². The van der Waals surface area contributed by atoms with E-state index in [1.165, 1.54) is 0 Å². The normalized spacial score (nSPS) is 13.9. The molecule has 0 spiro atoms. The van der Waals surface area contributed by atoms with Gasteiger partial charge in [0, 0.05) is 23.3 Å². The van der Waals surface area contributed by atoms with Gasteiger partial charge in [-0.25, -0.2) is 0 Å². The number of ether oxygens (including phenoxy) is 1. The molecule has 0 fully saturated rings. The minimum absolute atomic E-state index is 0.232. The molecule has 2 N–H and O–H groups in total. The predicted molar refractivity (Wildman–Crippen MR) is 77.7 cm³/mol. The van der Waals surface area contributed by atoms with E-state index in [2.05, 4.69) is 4.98 Å². The standard InChI is InChI=1S/C14H14Cl2N2O/c1-9(17)14(12-4-2-3-7-18-12)19-13-8-10(15)5-6-11(13)16/h2-9,14H,17H2,1H3. The van der Waals surface area contributed by atoms with Crippen LogP contribution in [0.5, 0.6) is 5.75 Å². The Labute approximate surface area is 122 Å². The molecule has 0 saturated heterocycles. The van der Waals surface area contributed by atoms with E-state index in [-0.39, 0.29) is 12.1 Å². The number of hydrogen-bond donors (Lipinski definition) is 1. The summed E-state index contributed by atoms with van der Waals surface area (Å²) in [6.45, 7) is 1.86. The number of hydrogen-bond acceptors (Lipinski definition) is 3. The van der Waals surface area contributed by atoms with Crippen molar-refractivity contribution in [3.05, 3.63) is 58.3 Å². The maximum Gasteiger partial charge on any atom is 0.155 e. The van der Waals surface area contributed by atoms with E-state index in [0.717, 1.165) is 5.69 Å². The first-order valence-electron chi connectivity index (χ1n) is 5.86. The van der Waals surface area contributed by atoms with Crippen LogP contribution in [0.3, 0.4) is 0 Å². The lowest BCUT2D eigenvalue weighted by atomic mass is 10.1. The molecule has 19 heavy (non-hydrogen) atoms. The minimum Gasteiger partial charge on any atom is -0.481 e. The molecule has 0 aliphatic carbocycles. The lowest BCUT2D eigenvalue weighted by Crippen LogP contribution is -2.29. The van der Waals surface area contributed by atoms with E-state index in [0.29, 0.717) is 15.8 Å². The van der Waals surface area contributed by atoms with Crippen molar-refractivity contribution in [1.29, 1.82) is 0 Å². The molecule has 0 radical (unpaired) electrons. The highest BCUT2D eigenvalue weighted by atomic mass is 35.5. The lowest BCUT2D eigenvalue weighted by Gasteiger charge is -2.22. The van der Waals surface area contributed by atoms with Gasteiger partial charge in [0.2, 0.25) is 0 Å². The van der Waals surface area contributed by atoms with Gasteiger partial charge in [-0.3, -0.25) is 4.98 Å². The van der Waals surface area contributed by atoms with Gasteiger partial charge in [0.05, 0.1) is 10.7 Å². The molecule has 0 aliphatic heterocycles. The van der Waals surface area contributed by atoms with Gasteiger partial charge in [-0.15, -0.1) is 0 Å². The fraction of sp³-hybridized carbons (Fsp3) is 0.214. The van der Waals surface area contributed by atoms with Crippen LogP contribution in [0.1, 0.15) is 18.7 Å². The molecule has 0 bridgehead atoms. The van der Waals surface area contributed by atoms with Crippen molar-refractivity contribution >= 4 is 23.2 Å². The monoisotopic (exact) mass is 296 g/mol. The van der Waals surface area contributed by atoms with Crippen LogP contribution in [0.4, 0.5) is 0 Å². The molecule has 0 saturated carbocycles. The zero-order valence-electron chi connectivity index (χ0n) is 10.4. The van der Waals surface area contributed by atoms with Gasteiger partial charge < -0.3 is 10.5 Å². The summed E-state index contributed by atoms with van der Waals surface area (Å²) in [6.07, 6.45) is 1.32. The molecule has 0 amide bonds. The van der Waals surface area contributed by atoms with Crippen molar-refractivity contribution in [2.75, 3.05) is 0 Å². The second-order valence-corrected chi connectivity index (χ2v) is 5.07. The van der Waals surface area contributed by atoms with Gasteiger partial charge in [-0.2, -0.15) is 0 Å². The number of pyridine rings is 1. The minimum atomic E-state index is -0.378. The SMILES string of the molecule is CC(N)C(Oc1cc(Cl)ccc1Cl)c1ccccn1. The van der Waals surface area contributed by atoms with Crippen LogP contribution in [0, 0.1) is 0 Å². The van der Waals surface area contributed by atoms with Crippen LogP contribution in [0.15, 0.2) is 42.6 Å². The van der Waals surface area contributed by atoms with Crippen LogP contribution in [0.25, 0.3) is 0 Å². The molecule has 3 nitrogen and oxygen atoms in total. The molecule has 1 aromatic heterocycles. The first kappa shape index (κ1) is 14.1. The van der Waals surface area contributed by atoms with E-state index in [1.54, 1.807) is 24.4 Å². The molecule has 5 heteroatoms. The third-order valence-corrected chi connectivity index (χ3v) is 3.15. The third-order valence-electron chi connectivity index (χ3n) is 2.60. The highest BCUT2D eigenvalue weighted by Crippen LogP contribution is 2.32. The number of halogens is 2. The molecule has 2 aromatic rings. The molecule has 100 valence electrons. The Morgan fingerprint density at radius 2 is 2.00 bits per heavy atom. The lowest BCUT2D eigenvalue weighted by molar-refractivity contribution is 0.176. The number of nitrogens with two attached hydrogens (primary N) is 1. The smallest absolute Gasteiger partial charge is 0.155 e. The van der Waals surface area contributed by atoms with Crippen molar-refractivity contribution < 1.29 is 4.74 Å². The molecule has 2 rings (SSSR count). The van der Waals surface area contributed by atoms with Gasteiger partial charge >= 0.3 is 0 Å². The number of nitrogens with zero attached hydrogens (tertiary/aromatic N) is 1. The Morgan fingerprint density at radius 1 is 1.21 bits per heavy atom. The first-order chi connectivity index (χ1) is 9.08. The molecular weight excluding hydrogens is 283 g/mol. The van der Waals surface area contributed by atoms with E-state index < -0.39 is 0 Å². The van der Waals surface area contributed by atoms with Crippen LogP contribution >= 0.6 is 23.2 Å². The van der Waals surface area contributed by atoms with Crippen LogP contribution in [0.2, 0.25) is 10.0 Å². The molecule has 2 unspecified atom stereocenters. The van der Waals surface area contributed by atoms with Crippen molar-refractivity contribution in [3.63, 3.8) is 0 Å². The maximum absolute atomic E-state index is 6.09. The van der Waals surface area contributed by atoms with Gasteiger partial charge in [0.25, 0.3) is 0 Å². The zero-order chi connectivity index (χ0) is 13.8. The Balaban J connectivity index is 2.29. The Hall–Kier alpha value is -1.29. The third kappa shape index (κ3) is 3.60. The van der Waals surface area contributed by atoms with Gasteiger partial charge in [0.15, 0.2) is 6.10 Å². The van der Waals surface area contributed by atoms with Gasteiger partial charge in [0.1, 0.15) is 5.75 Å². The summed E-state index contributed by atoms with van der Waals surface area (Å²) in [5.74, 6) is 0.502. The fourth-order valence-electron chi connectivity index (χ4n) is 1.69. The summed E-state index contributed by atoms with van der Waals surface area (Å²) >= 11 is 12.0. The van der Waals surface area contributed by atoms with E-state index in [1.807, 2.05) is 25.1 Å². The first-order valence-corrected chi connectivity index (χ1v) is 6.61. The maximum atomic E-state index is 6.09. The average molecular weight is 297 g/mol. The molecule has 0 aliphatic rings.